The number of hydrogen-bond acceptors (Lipinski definition) is 2. The van der Waals surface area contributed by atoms with Crippen molar-refractivity contribution in [2.24, 2.45) is 9.98 Å². The van der Waals surface area contributed by atoms with E-state index in [9.17, 15) is 0 Å². The molecule has 0 amide bonds. The van der Waals surface area contributed by atoms with Crippen molar-refractivity contribution >= 4 is 22.8 Å². The van der Waals surface area contributed by atoms with E-state index in [4.69, 9.17) is 9.98 Å². The predicted octanol–water partition coefficient (Wildman–Crippen LogP) is 17.0. The number of nitrogens with zero attached hydrogens (tertiary/aromatic N) is 2. The maximum atomic E-state index is 5.51. The minimum atomic E-state index is 0.987. The minimum absolute atomic E-state index is 0.987. The highest BCUT2D eigenvalue weighted by Gasteiger charge is 2.13. The van der Waals surface area contributed by atoms with Crippen LogP contribution >= 0.6 is 0 Å². The van der Waals surface area contributed by atoms with Gasteiger partial charge >= 0.3 is 0 Å². The highest BCUT2D eigenvalue weighted by molar-refractivity contribution is 6.43. The monoisotopic (exact) mass is 709 g/mol. The first-order chi connectivity index (χ1) is 25.7. The van der Waals surface area contributed by atoms with Crippen molar-refractivity contribution in [3.63, 3.8) is 0 Å². The van der Waals surface area contributed by atoms with Gasteiger partial charge in [-0.15, -0.1) is 0 Å². The van der Waals surface area contributed by atoms with Gasteiger partial charge < -0.3 is 0 Å². The summed E-state index contributed by atoms with van der Waals surface area (Å²) in [6, 6.07) is 17.7. The Morgan fingerprint density at radius 2 is 0.731 bits per heavy atom. The van der Waals surface area contributed by atoms with Crippen molar-refractivity contribution in [1.82, 2.24) is 0 Å². The van der Waals surface area contributed by atoms with Gasteiger partial charge in [-0.1, -0.05) is 191 Å². The molecule has 0 saturated heterocycles. The van der Waals surface area contributed by atoms with Crippen molar-refractivity contribution in [2.75, 3.05) is 0 Å². The highest BCUT2D eigenvalue weighted by Crippen LogP contribution is 2.26. The summed E-state index contributed by atoms with van der Waals surface area (Å²) in [6.07, 6.45) is 44.7. The van der Waals surface area contributed by atoms with E-state index in [1.807, 2.05) is 0 Å². The molecule has 290 valence electrons. The van der Waals surface area contributed by atoms with E-state index in [-0.39, 0.29) is 0 Å². The fourth-order valence-electron chi connectivity index (χ4n) is 6.93. The first-order valence-electron chi connectivity index (χ1n) is 22.3. The van der Waals surface area contributed by atoms with Crippen LogP contribution in [0, 0.1) is 0 Å². The van der Waals surface area contributed by atoms with Crippen molar-refractivity contribution < 1.29 is 0 Å². The van der Waals surface area contributed by atoms with E-state index < -0.39 is 0 Å². The van der Waals surface area contributed by atoms with Gasteiger partial charge in [-0.3, -0.25) is 9.98 Å². The number of allylic oxidation sites excluding steroid dienone is 4. The Kier molecular flexibility index (Phi) is 28.7. The smallest absolute Gasteiger partial charge is 0.0665 e. The number of para-hydroxylation sites is 2. The van der Waals surface area contributed by atoms with Crippen LogP contribution in [0.2, 0.25) is 0 Å². The Morgan fingerprint density at radius 1 is 0.385 bits per heavy atom. The van der Waals surface area contributed by atoms with Gasteiger partial charge in [-0.25, -0.2) is 0 Å². The molecule has 2 aromatic rings. The molecule has 0 unspecified atom stereocenters. The minimum Gasteiger partial charge on any atom is -0.251 e. The van der Waals surface area contributed by atoms with E-state index in [1.165, 1.54) is 151 Å². The summed E-state index contributed by atoms with van der Waals surface area (Å²) < 4.78 is 0. The Bertz CT molecular complexity index is 1250. The van der Waals surface area contributed by atoms with Crippen LogP contribution in [0.5, 0.6) is 0 Å². The molecular weight excluding hydrogens is 629 g/mol. The molecule has 2 rings (SSSR count). The van der Waals surface area contributed by atoms with Crippen LogP contribution in [0.3, 0.4) is 0 Å². The molecule has 2 aromatic carbocycles. The molecule has 0 N–H and O–H groups in total. The van der Waals surface area contributed by atoms with Crippen LogP contribution in [0.15, 0.2) is 82.8 Å². The Balaban J connectivity index is 2.21. The van der Waals surface area contributed by atoms with E-state index >= 15 is 0 Å². The number of rotatable bonds is 33. The summed E-state index contributed by atoms with van der Waals surface area (Å²) >= 11 is 0. The molecule has 0 fully saturated rings. The Hall–Kier alpha value is -2.74. The highest BCUT2D eigenvalue weighted by atomic mass is 14.8. The normalized spacial score (nSPS) is 12.5. The molecular formula is C50H80N2. The SMILES string of the molecule is CCCCCCCCC=CCCc1ccccc1N=C(CCCC)C(CCCCCCCC)=Nc1ccccc1CCC=CCCCCCCCC. The molecule has 0 atom stereocenters. The molecule has 0 heterocycles. The maximum Gasteiger partial charge on any atom is 0.0665 e. The molecule has 0 saturated carbocycles. The second-order valence-electron chi connectivity index (χ2n) is 15.1. The third kappa shape index (κ3) is 22.4. The summed E-state index contributed by atoms with van der Waals surface area (Å²) in [5, 5.41) is 0. The molecule has 2 nitrogen and oxygen atoms in total. The zero-order valence-corrected chi connectivity index (χ0v) is 34.6. The number of aliphatic imine (C=N–C) groups is 2. The van der Waals surface area contributed by atoms with Crippen molar-refractivity contribution in [3.05, 3.63) is 84.0 Å². The van der Waals surface area contributed by atoms with Crippen LogP contribution < -0.4 is 0 Å². The van der Waals surface area contributed by atoms with Crippen LogP contribution in [0.25, 0.3) is 0 Å². The fourth-order valence-corrected chi connectivity index (χ4v) is 6.93. The summed E-state index contributed by atoms with van der Waals surface area (Å²) in [4.78, 5) is 11.0. The first-order valence-corrected chi connectivity index (χ1v) is 22.3. The molecule has 0 aliphatic heterocycles. The number of unbranched alkanes of at least 4 members (excludes halogenated alkanes) is 18. The molecule has 0 radical (unpaired) electrons. The average Bonchev–Trinajstić information content (AvgIpc) is 3.16. The molecule has 2 heteroatoms. The standard InChI is InChI=1S/C50H80N2/c1-5-9-13-16-19-21-23-25-27-30-37-45-39-33-35-42-47(45)51-49(41-12-8-4)50(44-32-29-18-15-11-7-3)52-48-43-36-34-40-46(48)38-31-28-26-24-22-20-17-14-10-6-2/h25-28,33-36,39-40,42-43H,5-24,29-32,37-38,41,44H2,1-4H3. The second-order valence-corrected chi connectivity index (χ2v) is 15.1. The zero-order valence-electron chi connectivity index (χ0n) is 34.6. The summed E-state index contributed by atoms with van der Waals surface area (Å²) in [5.74, 6) is 0. The second kappa shape index (κ2) is 32.9. The van der Waals surface area contributed by atoms with Gasteiger partial charge in [0.1, 0.15) is 0 Å². The van der Waals surface area contributed by atoms with Gasteiger partial charge in [-0.2, -0.15) is 0 Å². The molecule has 52 heavy (non-hydrogen) atoms. The van der Waals surface area contributed by atoms with Gasteiger partial charge in [0.05, 0.1) is 22.8 Å². The predicted molar refractivity (Wildman–Crippen MR) is 235 cm³/mol. The van der Waals surface area contributed by atoms with Crippen LogP contribution in [0.4, 0.5) is 11.4 Å². The lowest BCUT2D eigenvalue weighted by molar-refractivity contribution is 0.611. The number of benzene rings is 2. The van der Waals surface area contributed by atoms with Gasteiger partial charge in [-0.05, 0) is 100 Å². The van der Waals surface area contributed by atoms with Crippen molar-refractivity contribution in [3.8, 4) is 0 Å². The van der Waals surface area contributed by atoms with Gasteiger partial charge in [0.2, 0.25) is 0 Å². The van der Waals surface area contributed by atoms with Crippen molar-refractivity contribution in [2.45, 2.75) is 207 Å². The Morgan fingerprint density at radius 3 is 1.17 bits per heavy atom. The van der Waals surface area contributed by atoms with Crippen LogP contribution in [-0.2, 0) is 12.8 Å². The third-order valence-electron chi connectivity index (χ3n) is 10.3. The largest absolute Gasteiger partial charge is 0.251 e. The van der Waals surface area contributed by atoms with E-state index in [0.717, 1.165) is 62.7 Å². The molecule has 0 aliphatic carbocycles. The molecule has 0 spiro atoms. The fraction of sp³-hybridized carbons (Fsp3) is 0.640. The van der Waals surface area contributed by atoms with Gasteiger partial charge in [0, 0.05) is 0 Å². The van der Waals surface area contributed by atoms with E-state index in [1.54, 1.807) is 0 Å². The number of aryl methyl sites for hydroxylation is 2. The molecule has 0 aromatic heterocycles. The third-order valence-corrected chi connectivity index (χ3v) is 10.3. The van der Waals surface area contributed by atoms with Crippen molar-refractivity contribution in [1.29, 1.82) is 0 Å². The summed E-state index contributed by atoms with van der Waals surface area (Å²) in [7, 11) is 0. The van der Waals surface area contributed by atoms with Crippen LogP contribution in [0.1, 0.15) is 206 Å². The summed E-state index contributed by atoms with van der Waals surface area (Å²) in [5.41, 5.74) is 7.40. The lowest BCUT2D eigenvalue weighted by Gasteiger charge is -2.14. The maximum absolute atomic E-state index is 5.51. The quantitative estimate of drug-likeness (QED) is 0.0401. The van der Waals surface area contributed by atoms with E-state index in [2.05, 4.69) is 101 Å². The topological polar surface area (TPSA) is 24.7 Å². The zero-order chi connectivity index (χ0) is 37.2. The average molecular weight is 709 g/mol. The van der Waals surface area contributed by atoms with Gasteiger partial charge in [0.15, 0.2) is 0 Å². The van der Waals surface area contributed by atoms with Crippen LogP contribution in [-0.4, -0.2) is 11.4 Å². The first kappa shape index (κ1) is 45.4. The molecule has 0 aliphatic rings. The molecule has 0 bridgehead atoms. The number of hydrogen-bond donors (Lipinski definition) is 0. The lowest BCUT2D eigenvalue weighted by Crippen LogP contribution is -2.15. The van der Waals surface area contributed by atoms with Gasteiger partial charge in [0.25, 0.3) is 0 Å². The summed E-state index contributed by atoms with van der Waals surface area (Å²) in [6.45, 7) is 9.18. The van der Waals surface area contributed by atoms with E-state index in [0.29, 0.717) is 0 Å². The lowest BCUT2D eigenvalue weighted by atomic mass is 10.00. The Labute approximate surface area is 323 Å².